The molecule has 2 amide bonds. The molecule has 1 heterocycles. The van der Waals surface area contributed by atoms with Crippen LogP contribution in [0.15, 0.2) is 47.1 Å². The summed E-state index contributed by atoms with van der Waals surface area (Å²) in [6.45, 7) is 5.91. The van der Waals surface area contributed by atoms with Gasteiger partial charge >= 0.3 is 0 Å². The van der Waals surface area contributed by atoms with Crippen molar-refractivity contribution in [3.05, 3.63) is 54.0 Å². The summed E-state index contributed by atoms with van der Waals surface area (Å²) in [5.41, 5.74) is 1.36. The summed E-state index contributed by atoms with van der Waals surface area (Å²) in [7, 11) is 0. The molecule has 0 atom stereocenters. The van der Waals surface area contributed by atoms with Crippen LogP contribution < -0.4 is 10.6 Å². The average molecular weight is 329 g/mol. The third-order valence-electron chi connectivity index (χ3n) is 3.71. The molecule has 0 radical (unpaired) electrons. The zero-order valence-corrected chi connectivity index (χ0v) is 14.0. The molecule has 0 aliphatic carbocycles. The molecule has 1 aromatic carbocycles. The Hall–Kier alpha value is -2.76. The Balaban J connectivity index is 1.83. The molecule has 1 aromatic heterocycles. The van der Waals surface area contributed by atoms with Gasteiger partial charge in [-0.1, -0.05) is 0 Å². The van der Waals surface area contributed by atoms with E-state index in [-0.39, 0.29) is 18.4 Å². The first-order chi connectivity index (χ1) is 11.6. The summed E-state index contributed by atoms with van der Waals surface area (Å²) >= 11 is 0. The molecule has 0 bridgehead atoms. The largest absolute Gasteiger partial charge is 0.467 e. The number of nitrogens with one attached hydrogen (secondary N) is 2. The number of hydrogen-bond donors (Lipinski definition) is 2. The van der Waals surface area contributed by atoms with Crippen molar-refractivity contribution >= 4 is 17.5 Å². The third-order valence-corrected chi connectivity index (χ3v) is 3.71. The van der Waals surface area contributed by atoms with Crippen LogP contribution in [-0.2, 0) is 11.3 Å². The Morgan fingerprint density at radius 2 is 1.79 bits per heavy atom. The highest BCUT2D eigenvalue weighted by molar-refractivity contribution is 5.94. The van der Waals surface area contributed by atoms with Crippen LogP contribution in [0.25, 0.3) is 0 Å². The highest BCUT2D eigenvalue weighted by Gasteiger charge is 2.09. The van der Waals surface area contributed by atoms with Crippen LogP contribution in [0.3, 0.4) is 0 Å². The van der Waals surface area contributed by atoms with Gasteiger partial charge in [-0.2, -0.15) is 0 Å². The maximum absolute atomic E-state index is 12.1. The first-order valence-corrected chi connectivity index (χ1v) is 8.06. The lowest BCUT2D eigenvalue weighted by atomic mass is 10.2. The second kappa shape index (κ2) is 8.76. The van der Waals surface area contributed by atoms with Crippen LogP contribution in [0.4, 0.5) is 5.69 Å². The fraction of sp³-hybridized carbons (Fsp3) is 0.333. The van der Waals surface area contributed by atoms with E-state index in [0.29, 0.717) is 31.0 Å². The van der Waals surface area contributed by atoms with Crippen LogP contribution in [0.5, 0.6) is 0 Å². The highest BCUT2D eigenvalue weighted by Crippen LogP contribution is 2.10. The van der Waals surface area contributed by atoms with Gasteiger partial charge in [0.1, 0.15) is 5.76 Å². The number of likely N-dealkylation sites (N-methyl/N-ethyl adjacent to an activating group) is 1. The highest BCUT2D eigenvalue weighted by atomic mass is 16.3. The van der Waals surface area contributed by atoms with Gasteiger partial charge in [-0.3, -0.25) is 9.59 Å². The topological polar surface area (TPSA) is 74.6 Å². The Kier molecular flexibility index (Phi) is 6.42. The Morgan fingerprint density at radius 3 is 2.38 bits per heavy atom. The summed E-state index contributed by atoms with van der Waals surface area (Å²) in [6, 6.07) is 10.6. The van der Waals surface area contributed by atoms with E-state index in [1.807, 2.05) is 13.8 Å². The van der Waals surface area contributed by atoms with Gasteiger partial charge in [0.05, 0.1) is 19.4 Å². The molecule has 0 aliphatic heterocycles. The summed E-state index contributed by atoms with van der Waals surface area (Å²) in [4.78, 5) is 25.8. The van der Waals surface area contributed by atoms with Crippen molar-refractivity contribution in [3.8, 4) is 0 Å². The predicted molar refractivity (Wildman–Crippen MR) is 92.7 cm³/mol. The van der Waals surface area contributed by atoms with Crippen LogP contribution in [-0.4, -0.2) is 36.3 Å². The van der Waals surface area contributed by atoms with Gasteiger partial charge < -0.3 is 20.0 Å². The van der Waals surface area contributed by atoms with Crippen molar-refractivity contribution in [2.75, 3.05) is 25.0 Å². The standard InChI is InChI=1S/C18H23N3O3/c1-3-21(4-2)17(22)13-19-15-9-7-14(8-10-15)18(23)20-12-16-6-5-11-24-16/h5-11,19H,3-4,12-13H2,1-2H3,(H,20,23). The minimum atomic E-state index is -0.169. The number of nitrogens with zero attached hydrogens (tertiary/aromatic N) is 1. The van der Waals surface area contributed by atoms with E-state index < -0.39 is 0 Å². The maximum atomic E-state index is 12.1. The molecule has 0 fully saturated rings. The van der Waals surface area contributed by atoms with Crippen molar-refractivity contribution in [3.63, 3.8) is 0 Å². The van der Waals surface area contributed by atoms with Crippen LogP contribution in [0.2, 0.25) is 0 Å². The number of carbonyl (C=O) groups is 2. The van der Waals surface area contributed by atoms with Gasteiger partial charge in [0.2, 0.25) is 5.91 Å². The van der Waals surface area contributed by atoms with Gasteiger partial charge in [-0.25, -0.2) is 0 Å². The smallest absolute Gasteiger partial charge is 0.251 e. The SMILES string of the molecule is CCN(CC)C(=O)CNc1ccc(C(=O)NCc2ccco2)cc1. The zero-order valence-electron chi connectivity index (χ0n) is 14.0. The molecule has 0 saturated carbocycles. The van der Waals surface area contributed by atoms with Gasteiger partial charge in [-0.15, -0.1) is 0 Å². The number of anilines is 1. The van der Waals surface area contributed by atoms with E-state index in [1.165, 1.54) is 0 Å². The normalized spacial score (nSPS) is 10.2. The lowest BCUT2D eigenvalue weighted by Gasteiger charge is -2.19. The van der Waals surface area contributed by atoms with Crippen molar-refractivity contribution in [2.24, 2.45) is 0 Å². The van der Waals surface area contributed by atoms with E-state index in [9.17, 15) is 9.59 Å². The quantitative estimate of drug-likeness (QED) is 0.780. The fourth-order valence-electron chi connectivity index (χ4n) is 2.29. The van der Waals surface area contributed by atoms with Crippen LogP contribution in [0.1, 0.15) is 30.0 Å². The number of benzene rings is 1. The molecule has 0 spiro atoms. The Bertz CT molecular complexity index is 647. The van der Waals surface area contributed by atoms with Crippen molar-refractivity contribution in [1.29, 1.82) is 0 Å². The predicted octanol–water partition coefficient (Wildman–Crippen LogP) is 2.49. The first kappa shape index (κ1) is 17.6. The van der Waals surface area contributed by atoms with Crippen molar-refractivity contribution in [1.82, 2.24) is 10.2 Å². The molecule has 6 nitrogen and oxygen atoms in total. The number of carbonyl (C=O) groups excluding carboxylic acids is 2. The molecule has 6 heteroatoms. The number of rotatable bonds is 8. The Labute approximate surface area is 141 Å². The monoisotopic (exact) mass is 329 g/mol. The zero-order chi connectivity index (χ0) is 17.4. The second-order valence-electron chi connectivity index (χ2n) is 5.26. The average Bonchev–Trinajstić information content (AvgIpc) is 3.13. The lowest BCUT2D eigenvalue weighted by Crippen LogP contribution is -2.35. The van der Waals surface area contributed by atoms with E-state index >= 15 is 0 Å². The number of hydrogen-bond acceptors (Lipinski definition) is 4. The maximum Gasteiger partial charge on any atom is 0.251 e. The molecule has 128 valence electrons. The van der Waals surface area contributed by atoms with Gasteiger partial charge in [0, 0.05) is 24.3 Å². The molecule has 0 saturated heterocycles. The van der Waals surface area contributed by atoms with E-state index in [4.69, 9.17) is 4.42 Å². The van der Waals surface area contributed by atoms with Crippen molar-refractivity contribution in [2.45, 2.75) is 20.4 Å². The van der Waals surface area contributed by atoms with Gasteiger partial charge in [-0.05, 0) is 50.2 Å². The minimum Gasteiger partial charge on any atom is -0.467 e. The van der Waals surface area contributed by atoms with Crippen molar-refractivity contribution < 1.29 is 14.0 Å². The second-order valence-corrected chi connectivity index (χ2v) is 5.26. The van der Waals surface area contributed by atoms with E-state index in [1.54, 1.807) is 47.6 Å². The summed E-state index contributed by atoms with van der Waals surface area (Å²) < 4.78 is 5.17. The summed E-state index contributed by atoms with van der Waals surface area (Å²) in [6.07, 6.45) is 1.57. The molecule has 2 aromatic rings. The molecule has 2 rings (SSSR count). The number of amides is 2. The fourth-order valence-corrected chi connectivity index (χ4v) is 2.29. The third kappa shape index (κ3) is 4.87. The lowest BCUT2D eigenvalue weighted by molar-refractivity contribution is -0.128. The Morgan fingerprint density at radius 1 is 1.08 bits per heavy atom. The van der Waals surface area contributed by atoms with E-state index in [2.05, 4.69) is 10.6 Å². The molecule has 2 N–H and O–H groups in total. The molecule has 0 unspecified atom stereocenters. The molecule has 24 heavy (non-hydrogen) atoms. The number of furan rings is 1. The van der Waals surface area contributed by atoms with Gasteiger partial charge in [0.15, 0.2) is 0 Å². The van der Waals surface area contributed by atoms with Gasteiger partial charge in [0.25, 0.3) is 5.91 Å². The molecular weight excluding hydrogens is 306 g/mol. The molecular formula is C18H23N3O3. The summed E-state index contributed by atoms with van der Waals surface area (Å²) in [5.74, 6) is 0.592. The van der Waals surface area contributed by atoms with Crippen LogP contribution >= 0.6 is 0 Å². The first-order valence-electron chi connectivity index (χ1n) is 8.06. The summed E-state index contributed by atoms with van der Waals surface area (Å²) in [5, 5.41) is 5.86. The van der Waals surface area contributed by atoms with Crippen LogP contribution in [0, 0.1) is 0 Å². The molecule has 0 aliphatic rings. The van der Waals surface area contributed by atoms with E-state index in [0.717, 1.165) is 5.69 Å². The minimum absolute atomic E-state index is 0.0558.